The number of anilines is 2. The van der Waals surface area contributed by atoms with Gasteiger partial charge in [-0.05, 0) is 49.9 Å². The van der Waals surface area contributed by atoms with Crippen LogP contribution in [0.4, 0.5) is 16.4 Å². The normalized spacial score (nSPS) is 15.5. The van der Waals surface area contributed by atoms with Gasteiger partial charge in [-0.15, -0.1) is 5.10 Å². The molecular formula is C28H31N7O5S. The number of fused-ring (bicyclic) bond motifs is 1. The zero-order chi connectivity index (χ0) is 29.0. The van der Waals surface area contributed by atoms with E-state index >= 15 is 0 Å². The number of aryl methyl sites for hydroxylation is 1. The van der Waals surface area contributed by atoms with Crippen molar-refractivity contribution in [3.05, 3.63) is 60.4 Å². The molecule has 41 heavy (non-hydrogen) atoms. The summed E-state index contributed by atoms with van der Waals surface area (Å²) in [5.41, 5.74) is 2.42. The number of benzene rings is 2. The number of ether oxygens (including phenoxy) is 1. The van der Waals surface area contributed by atoms with E-state index in [1.165, 1.54) is 4.90 Å². The Balaban J connectivity index is 1.45. The van der Waals surface area contributed by atoms with Crippen molar-refractivity contribution in [1.82, 2.24) is 25.1 Å². The molecule has 1 aliphatic heterocycles. The molecule has 2 aromatic heterocycles. The first-order valence-electron chi connectivity index (χ1n) is 13.3. The number of likely N-dealkylation sites (tertiary alicyclic amines) is 1. The molecule has 1 saturated heterocycles. The maximum Gasteiger partial charge on any atom is 0.407 e. The number of nitrogens with zero attached hydrogens (tertiary/aromatic N) is 5. The van der Waals surface area contributed by atoms with Crippen molar-refractivity contribution < 1.29 is 23.1 Å². The minimum atomic E-state index is -3.49. The van der Waals surface area contributed by atoms with Gasteiger partial charge in [-0.3, -0.25) is 4.72 Å². The Kier molecular flexibility index (Phi) is 8.15. The molecule has 0 unspecified atom stereocenters. The topological polar surface area (TPSA) is 160 Å². The summed E-state index contributed by atoms with van der Waals surface area (Å²) in [6.07, 6.45) is 4.28. The summed E-state index contributed by atoms with van der Waals surface area (Å²) in [5.74, 6) is 1.13. The van der Waals surface area contributed by atoms with E-state index < -0.39 is 16.1 Å². The highest BCUT2D eigenvalue weighted by atomic mass is 32.2. The Morgan fingerprint density at radius 1 is 1.15 bits per heavy atom. The molecule has 4 aromatic rings. The number of carboxylic acid groups (broad SMARTS) is 1. The fraction of sp³-hybridized carbons (Fsp3) is 0.321. The van der Waals surface area contributed by atoms with Crippen LogP contribution < -0.4 is 14.8 Å². The van der Waals surface area contributed by atoms with Gasteiger partial charge in [0.05, 0.1) is 28.9 Å². The first-order valence-corrected chi connectivity index (χ1v) is 15.0. The first kappa shape index (κ1) is 28.0. The third-order valence-corrected chi connectivity index (χ3v) is 8.27. The van der Waals surface area contributed by atoms with Gasteiger partial charge in [-0.1, -0.05) is 31.2 Å². The molecule has 0 radical (unpaired) electrons. The van der Waals surface area contributed by atoms with Crippen LogP contribution in [0.5, 0.6) is 11.6 Å². The summed E-state index contributed by atoms with van der Waals surface area (Å²) in [4.78, 5) is 21.8. The van der Waals surface area contributed by atoms with Crippen LogP contribution in [0.1, 0.15) is 31.7 Å². The first-order chi connectivity index (χ1) is 19.7. The molecule has 1 aliphatic rings. The number of nitrogens with one attached hydrogen (secondary N) is 2. The standard InChI is InChI=1S/C28H31N7O5S/c1-3-16-41(38,39)34-24-8-4-7-21-20(24)10-9-18(2)25(21)40-26-22(11-14-30-33-26)23-12-13-29-27(32-23)31-19-6-5-15-35(17-19)28(36)37/h4,7-14,19,34H,3,5-6,15-17H2,1-2H3,(H,36,37)(H,29,31,32)/t19-/m0/s1. The monoisotopic (exact) mass is 577 g/mol. The molecule has 0 spiro atoms. The number of rotatable bonds is 9. The molecule has 2 aromatic carbocycles. The number of sulfonamides is 1. The highest BCUT2D eigenvalue weighted by molar-refractivity contribution is 7.92. The Bertz CT molecular complexity index is 1680. The summed E-state index contributed by atoms with van der Waals surface area (Å²) in [6.45, 7) is 4.58. The van der Waals surface area contributed by atoms with Crippen molar-refractivity contribution in [3.63, 3.8) is 0 Å². The number of hydrogen-bond donors (Lipinski definition) is 3. The highest BCUT2D eigenvalue weighted by Crippen LogP contribution is 2.38. The summed E-state index contributed by atoms with van der Waals surface area (Å²) in [5, 5.41) is 22.3. The van der Waals surface area contributed by atoms with E-state index in [0.717, 1.165) is 18.4 Å². The van der Waals surface area contributed by atoms with E-state index in [0.29, 0.717) is 58.9 Å². The summed E-state index contributed by atoms with van der Waals surface area (Å²) in [6, 6.07) is 12.4. The van der Waals surface area contributed by atoms with Gasteiger partial charge in [0.2, 0.25) is 21.9 Å². The summed E-state index contributed by atoms with van der Waals surface area (Å²) < 4.78 is 34.0. The lowest BCUT2D eigenvalue weighted by atomic mass is 10.0. The van der Waals surface area contributed by atoms with Crippen LogP contribution in [-0.4, -0.2) is 69.6 Å². The van der Waals surface area contributed by atoms with E-state index in [4.69, 9.17) is 4.74 Å². The van der Waals surface area contributed by atoms with Crippen LogP contribution in [-0.2, 0) is 10.0 Å². The molecule has 13 heteroatoms. The highest BCUT2D eigenvalue weighted by Gasteiger charge is 2.24. The Labute approximate surface area is 237 Å². The third kappa shape index (κ3) is 6.46. The Hall–Kier alpha value is -4.52. The van der Waals surface area contributed by atoms with Gasteiger partial charge in [0.1, 0.15) is 5.75 Å². The second-order valence-electron chi connectivity index (χ2n) is 9.86. The molecule has 0 bridgehead atoms. The maximum absolute atomic E-state index is 12.5. The fourth-order valence-electron chi connectivity index (χ4n) is 4.87. The van der Waals surface area contributed by atoms with Gasteiger partial charge in [-0.2, -0.15) is 5.10 Å². The summed E-state index contributed by atoms with van der Waals surface area (Å²) >= 11 is 0. The van der Waals surface area contributed by atoms with Gasteiger partial charge in [-0.25, -0.2) is 23.2 Å². The lowest BCUT2D eigenvalue weighted by Crippen LogP contribution is -2.44. The van der Waals surface area contributed by atoms with Gasteiger partial charge < -0.3 is 20.1 Å². The second kappa shape index (κ2) is 11.9. The van der Waals surface area contributed by atoms with Crippen LogP contribution in [0.3, 0.4) is 0 Å². The largest absolute Gasteiger partial charge is 0.465 e. The molecule has 12 nitrogen and oxygen atoms in total. The molecule has 1 atom stereocenters. The molecular weight excluding hydrogens is 546 g/mol. The Morgan fingerprint density at radius 3 is 2.80 bits per heavy atom. The summed E-state index contributed by atoms with van der Waals surface area (Å²) in [7, 11) is -3.49. The molecule has 214 valence electrons. The van der Waals surface area contributed by atoms with Crippen LogP contribution in [0.2, 0.25) is 0 Å². The Morgan fingerprint density at radius 2 is 2.00 bits per heavy atom. The van der Waals surface area contributed by atoms with Crippen molar-refractivity contribution in [3.8, 4) is 22.9 Å². The number of aromatic nitrogens is 4. The second-order valence-corrected chi connectivity index (χ2v) is 11.7. The van der Waals surface area contributed by atoms with E-state index in [2.05, 4.69) is 30.2 Å². The van der Waals surface area contributed by atoms with Gasteiger partial charge in [0, 0.05) is 36.1 Å². The number of amides is 1. The van der Waals surface area contributed by atoms with Crippen molar-refractivity contribution in [2.45, 2.75) is 39.2 Å². The SMILES string of the molecule is CCCS(=O)(=O)Nc1cccc2c(Oc3nnccc3-c3ccnc(N[C@H]4CCCN(C(=O)O)C4)n3)c(C)ccc12. The van der Waals surface area contributed by atoms with Gasteiger partial charge in [0.15, 0.2) is 0 Å². The van der Waals surface area contributed by atoms with Crippen LogP contribution in [0, 0.1) is 6.92 Å². The number of carbonyl (C=O) groups is 1. The zero-order valence-corrected chi connectivity index (χ0v) is 23.6. The molecule has 3 N–H and O–H groups in total. The van der Waals surface area contributed by atoms with E-state index in [9.17, 15) is 18.3 Å². The predicted octanol–water partition coefficient (Wildman–Crippen LogP) is 4.89. The lowest BCUT2D eigenvalue weighted by molar-refractivity contribution is 0.132. The minimum absolute atomic E-state index is 0.0237. The van der Waals surface area contributed by atoms with Gasteiger partial charge >= 0.3 is 6.09 Å². The molecule has 0 saturated carbocycles. The maximum atomic E-state index is 12.5. The van der Waals surface area contributed by atoms with E-state index in [-0.39, 0.29) is 17.7 Å². The van der Waals surface area contributed by atoms with Crippen LogP contribution >= 0.6 is 0 Å². The van der Waals surface area contributed by atoms with E-state index in [1.54, 1.807) is 36.7 Å². The minimum Gasteiger partial charge on any atom is -0.465 e. The quantitative estimate of drug-likeness (QED) is 0.250. The molecule has 0 aliphatic carbocycles. The lowest BCUT2D eigenvalue weighted by Gasteiger charge is -2.31. The fourth-order valence-corrected chi connectivity index (χ4v) is 6.02. The van der Waals surface area contributed by atoms with Crippen LogP contribution in [0.15, 0.2) is 54.9 Å². The molecule has 1 amide bonds. The van der Waals surface area contributed by atoms with Crippen molar-refractivity contribution in [2.24, 2.45) is 0 Å². The molecule has 5 rings (SSSR count). The average Bonchev–Trinajstić information content (AvgIpc) is 2.95. The van der Waals surface area contributed by atoms with Crippen molar-refractivity contribution in [1.29, 1.82) is 0 Å². The third-order valence-electron chi connectivity index (χ3n) is 6.79. The zero-order valence-electron chi connectivity index (χ0n) is 22.7. The van der Waals surface area contributed by atoms with E-state index in [1.807, 2.05) is 32.0 Å². The number of piperidine rings is 1. The van der Waals surface area contributed by atoms with Crippen LogP contribution in [0.25, 0.3) is 22.0 Å². The predicted molar refractivity (Wildman–Crippen MR) is 156 cm³/mol. The van der Waals surface area contributed by atoms with Gasteiger partial charge in [0.25, 0.3) is 0 Å². The average molecular weight is 578 g/mol. The van der Waals surface area contributed by atoms with Crippen molar-refractivity contribution in [2.75, 3.05) is 28.9 Å². The molecule has 3 heterocycles. The smallest absolute Gasteiger partial charge is 0.407 e. The van der Waals surface area contributed by atoms with Crippen molar-refractivity contribution >= 4 is 38.5 Å². The number of hydrogen-bond acceptors (Lipinski definition) is 9. The molecule has 1 fully saturated rings.